The summed E-state index contributed by atoms with van der Waals surface area (Å²) in [7, 11) is 0. The summed E-state index contributed by atoms with van der Waals surface area (Å²) < 4.78 is 12.0. The van der Waals surface area contributed by atoms with Gasteiger partial charge in [0.1, 0.15) is 6.10 Å². The Kier molecular flexibility index (Phi) is 4.79. The van der Waals surface area contributed by atoms with E-state index in [1.54, 1.807) is 0 Å². The Labute approximate surface area is 189 Å². The van der Waals surface area contributed by atoms with E-state index in [4.69, 9.17) is 21.1 Å². The molecular formula is C26H32ClNO3. The number of rotatable bonds is 3. The molecule has 0 unspecified atom stereocenters. The van der Waals surface area contributed by atoms with Gasteiger partial charge in [-0.3, -0.25) is 9.69 Å². The summed E-state index contributed by atoms with van der Waals surface area (Å²) in [5.74, 6) is 0.990. The van der Waals surface area contributed by atoms with E-state index in [2.05, 4.69) is 30.0 Å². The van der Waals surface area contributed by atoms with Gasteiger partial charge < -0.3 is 9.47 Å². The van der Waals surface area contributed by atoms with Crippen LogP contribution in [0.3, 0.4) is 0 Å². The Bertz CT molecular complexity index is 908. The van der Waals surface area contributed by atoms with Crippen molar-refractivity contribution in [3.8, 4) is 0 Å². The monoisotopic (exact) mass is 441 g/mol. The molecule has 1 aromatic rings. The van der Waals surface area contributed by atoms with Crippen molar-refractivity contribution in [1.82, 2.24) is 4.90 Å². The number of epoxide rings is 1. The van der Waals surface area contributed by atoms with E-state index in [9.17, 15) is 4.79 Å². The highest BCUT2D eigenvalue weighted by Gasteiger charge is 2.65. The van der Waals surface area contributed by atoms with Crippen LogP contribution in [0.5, 0.6) is 0 Å². The molecule has 2 saturated carbocycles. The van der Waals surface area contributed by atoms with Gasteiger partial charge in [0.05, 0.1) is 18.1 Å². The third-order valence-corrected chi connectivity index (χ3v) is 9.29. The normalized spacial score (nSPS) is 42.0. The van der Waals surface area contributed by atoms with Gasteiger partial charge in [-0.2, -0.15) is 0 Å². The number of halogens is 1. The van der Waals surface area contributed by atoms with E-state index in [1.165, 1.54) is 30.4 Å². The number of benzene rings is 1. The zero-order valence-electron chi connectivity index (χ0n) is 18.3. The summed E-state index contributed by atoms with van der Waals surface area (Å²) in [6.45, 7) is 6.05. The van der Waals surface area contributed by atoms with Crippen molar-refractivity contribution in [2.24, 2.45) is 23.2 Å². The van der Waals surface area contributed by atoms with E-state index in [0.717, 1.165) is 50.5 Å². The molecule has 1 spiro atoms. The van der Waals surface area contributed by atoms with Crippen LogP contribution in [0.4, 0.5) is 0 Å². The molecule has 0 N–H and O–H groups in total. The molecule has 3 aliphatic heterocycles. The minimum atomic E-state index is 0.0118. The predicted octanol–water partition coefficient (Wildman–Crippen LogP) is 4.96. The summed E-state index contributed by atoms with van der Waals surface area (Å²) in [6, 6.07) is 8.11. The molecule has 0 amide bonds. The first-order chi connectivity index (χ1) is 15.0. The topological polar surface area (TPSA) is 42.1 Å². The van der Waals surface area contributed by atoms with Gasteiger partial charge in [-0.15, -0.1) is 0 Å². The summed E-state index contributed by atoms with van der Waals surface area (Å²) in [6.07, 6.45) is 9.25. The van der Waals surface area contributed by atoms with Gasteiger partial charge in [0.15, 0.2) is 0 Å². The van der Waals surface area contributed by atoms with Gasteiger partial charge in [0.25, 0.3) is 0 Å². The molecule has 166 valence electrons. The molecule has 6 rings (SSSR count). The van der Waals surface area contributed by atoms with Crippen molar-refractivity contribution >= 4 is 23.1 Å². The van der Waals surface area contributed by atoms with Crippen molar-refractivity contribution in [1.29, 1.82) is 0 Å². The van der Waals surface area contributed by atoms with Gasteiger partial charge >= 0.3 is 5.97 Å². The highest BCUT2D eigenvalue weighted by atomic mass is 35.5. The number of esters is 1. The van der Waals surface area contributed by atoms with Crippen molar-refractivity contribution in [2.45, 2.75) is 57.2 Å². The highest BCUT2D eigenvalue weighted by molar-refractivity contribution is 6.30. The summed E-state index contributed by atoms with van der Waals surface area (Å²) in [5, 5.41) is 0.774. The lowest BCUT2D eigenvalue weighted by molar-refractivity contribution is -0.147. The molecule has 5 heteroatoms. The van der Waals surface area contributed by atoms with Crippen molar-refractivity contribution in [2.75, 3.05) is 26.2 Å². The number of hydrogen-bond donors (Lipinski definition) is 0. The quantitative estimate of drug-likeness (QED) is 0.491. The summed E-state index contributed by atoms with van der Waals surface area (Å²) in [4.78, 5) is 15.3. The van der Waals surface area contributed by atoms with Gasteiger partial charge in [-0.05, 0) is 73.1 Å². The number of carbonyl (C=O) groups is 1. The van der Waals surface area contributed by atoms with Crippen LogP contribution in [0.2, 0.25) is 5.02 Å². The van der Waals surface area contributed by atoms with Crippen LogP contribution in [0.1, 0.15) is 51.0 Å². The Morgan fingerprint density at radius 3 is 2.74 bits per heavy atom. The summed E-state index contributed by atoms with van der Waals surface area (Å²) in [5.41, 5.74) is 3.02. The molecule has 2 saturated heterocycles. The van der Waals surface area contributed by atoms with E-state index in [1.807, 2.05) is 12.1 Å². The highest BCUT2D eigenvalue weighted by Crippen LogP contribution is 2.62. The van der Waals surface area contributed by atoms with Crippen LogP contribution in [-0.4, -0.2) is 48.8 Å². The molecule has 2 aliphatic carbocycles. The van der Waals surface area contributed by atoms with Crippen molar-refractivity contribution in [3.63, 3.8) is 0 Å². The Morgan fingerprint density at radius 1 is 1.23 bits per heavy atom. The van der Waals surface area contributed by atoms with Crippen LogP contribution in [0, 0.1) is 23.2 Å². The Morgan fingerprint density at radius 2 is 2.03 bits per heavy atom. The first-order valence-electron chi connectivity index (χ1n) is 12.0. The molecule has 0 aromatic heterocycles. The van der Waals surface area contributed by atoms with E-state index < -0.39 is 0 Å². The minimum Gasteiger partial charge on any atom is -0.462 e. The van der Waals surface area contributed by atoms with Gasteiger partial charge in [0, 0.05) is 30.6 Å². The zero-order chi connectivity index (χ0) is 21.2. The first-order valence-corrected chi connectivity index (χ1v) is 12.4. The van der Waals surface area contributed by atoms with Crippen molar-refractivity contribution < 1.29 is 14.3 Å². The third-order valence-electron chi connectivity index (χ3n) is 9.04. The number of carbonyl (C=O) groups excluding carboxylic acids is 1. The van der Waals surface area contributed by atoms with Crippen LogP contribution >= 0.6 is 11.6 Å². The maximum absolute atomic E-state index is 12.9. The fourth-order valence-corrected chi connectivity index (χ4v) is 7.37. The van der Waals surface area contributed by atoms with E-state index >= 15 is 0 Å². The van der Waals surface area contributed by atoms with Gasteiger partial charge in [-0.1, -0.05) is 36.7 Å². The number of ether oxygens (including phenoxy) is 2. The van der Waals surface area contributed by atoms with Crippen molar-refractivity contribution in [3.05, 3.63) is 40.9 Å². The molecule has 31 heavy (non-hydrogen) atoms. The van der Waals surface area contributed by atoms with Crippen LogP contribution in [-0.2, 0) is 14.3 Å². The Hall–Kier alpha value is -1.36. The standard InChI is InChI=1S/C26H32ClNO3/c1-25-9-2-10-26(16-30-26)23(25)13-20-21(24(29)31-22(20)14-25)15-28-11-7-18(8-12-28)17-3-5-19(27)6-4-17/h3-7,20-23H,2,8-16H2,1H3/t20-,21+,22+,23-,25+,26+/m0/s1. The Balaban J connectivity index is 1.15. The van der Waals surface area contributed by atoms with Crippen LogP contribution in [0.15, 0.2) is 30.3 Å². The molecule has 1 aromatic carbocycles. The van der Waals surface area contributed by atoms with Gasteiger partial charge in [0.2, 0.25) is 0 Å². The average molecular weight is 442 g/mol. The first kappa shape index (κ1) is 20.3. The second-order valence-corrected chi connectivity index (χ2v) is 11.3. The molecule has 3 heterocycles. The second-order valence-electron chi connectivity index (χ2n) is 10.8. The number of nitrogens with zero attached hydrogens (tertiary/aromatic N) is 1. The smallest absolute Gasteiger partial charge is 0.310 e. The molecule has 4 fully saturated rings. The van der Waals surface area contributed by atoms with Gasteiger partial charge in [-0.25, -0.2) is 0 Å². The largest absolute Gasteiger partial charge is 0.462 e. The molecular weight excluding hydrogens is 410 g/mol. The van der Waals surface area contributed by atoms with Crippen LogP contribution in [0.25, 0.3) is 5.57 Å². The molecule has 6 atom stereocenters. The average Bonchev–Trinajstić information content (AvgIpc) is 3.46. The number of fused-ring (bicyclic) bond motifs is 3. The second kappa shape index (κ2) is 7.33. The summed E-state index contributed by atoms with van der Waals surface area (Å²) >= 11 is 6.03. The lowest BCUT2D eigenvalue weighted by Gasteiger charge is -2.51. The SMILES string of the molecule is C[C@]12CCC[C@@]3(CO3)[C@H]1C[C@@H]1[C@@H](C2)OC(=O)[C@@H]1CN1CC=C(c2ccc(Cl)cc2)CC1. The van der Waals surface area contributed by atoms with E-state index in [-0.39, 0.29) is 29.0 Å². The maximum Gasteiger partial charge on any atom is 0.310 e. The molecule has 0 radical (unpaired) electrons. The van der Waals surface area contributed by atoms with E-state index in [0.29, 0.717) is 11.8 Å². The fraction of sp³-hybridized carbons (Fsp3) is 0.654. The zero-order valence-corrected chi connectivity index (χ0v) is 19.1. The molecule has 0 bridgehead atoms. The third kappa shape index (κ3) is 3.46. The molecule has 4 nitrogen and oxygen atoms in total. The lowest BCUT2D eigenvalue weighted by atomic mass is 9.53. The molecule has 5 aliphatic rings. The fourth-order valence-electron chi connectivity index (χ4n) is 7.25. The maximum atomic E-state index is 12.9. The predicted molar refractivity (Wildman–Crippen MR) is 121 cm³/mol. The van der Waals surface area contributed by atoms with Crippen LogP contribution < -0.4 is 0 Å². The number of hydrogen-bond acceptors (Lipinski definition) is 4. The lowest BCUT2D eigenvalue weighted by Crippen LogP contribution is -2.51. The minimum absolute atomic E-state index is 0.0118.